The van der Waals surface area contributed by atoms with Crippen molar-refractivity contribution in [2.45, 2.75) is 52.7 Å². The van der Waals surface area contributed by atoms with Crippen LogP contribution in [-0.2, 0) is 6.54 Å². The van der Waals surface area contributed by atoms with Gasteiger partial charge in [-0.15, -0.1) is 11.3 Å². The summed E-state index contributed by atoms with van der Waals surface area (Å²) in [4.78, 5) is 6.83. The highest BCUT2D eigenvalue weighted by atomic mass is 32.1. The number of thiazole rings is 1. The molecule has 1 saturated carbocycles. The van der Waals surface area contributed by atoms with E-state index in [2.05, 4.69) is 36.2 Å². The van der Waals surface area contributed by atoms with E-state index in [-0.39, 0.29) is 6.10 Å². The molecule has 1 fully saturated rings. The Bertz CT molecular complexity index is 418. The molecule has 0 amide bonds. The first kappa shape index (κ1) is 15.9. The van der Waals surface area contributed by atoms with Gasteiger partial charge in [-0.05, 0) is 51.0 Å². The van der Waals surface area contributed by atoms with E-state index >= 15 is 0 Å². The van der Waals surface area contributed by atoms with Crippen LogP contribution in [0.5, 0.6) is 0 Å². The highest BCUT2D eigenvalue weighted by molar-refractivity contribution is 7.09. The lowest BCUT2D eigenvalue weighted by atomic mass is 9.74. The van der Waals surface area contributed by atoms with Gasteiger partial charge in [0.2, 0.25) is 0 Å². The van der Waals surface area contributed by atoms with Gasteiger partial charge in [0.1, 0.15) is 0 Å². The fourth-order valence-corrected chi connectivity index (χ4v) is 3.91. The molecule has 0 bridgehead atoms. The molecule has 1 N–H and O–H groups in total. The van der Waals surface area contributed by atoms with Gasteiger partial charge in [-0.2, -0.15) is 0 Å². The van der Waals surface area contributed by atoms with Crippen LogP contribution in [0, 0.1) is 24.7 Å². The molecule has 20 heavy (non-hydrogen) atoms. The number of aliphatic hydroxyl groups excluding tert-OH is 1. The molecule has 0 aromatic carbocycles. The van der Waals surface area contributed by atoms with Crippen molar-refractivity contribution in [3.63, 3.8) is 0 Å². The van der Waals surface area contributed by atoms with Crippen molar-refractivity contribution in [2.75, 3.05) is 13.6 Å². The maximum atomic E-state index is 10.2. The molecule has 0 radical (unpaired) electrons. The summed E-state index contributed by atoms with van der Waals surface area (Å²) in [6.45, 7) is 8.52. The summed E-state index contributed by atoms with van der Waals surface area (Å²) >= 11 is 1.71. The molecule has 0 aliphatic heterocycles. The van der Waals surface area contributed by atoms with Crippen LogP contribution in [0.4, 0.5) is 0 Å². The Kier molecular flexibility index (Phi) is 5.58. The maximum Gasteiger partial charge on any atom is 0.0897 e. The summed E-state index contributed by atoms with van der Waals surface area (Å²) in [5, 5.41) is 13.5. The van der Waals surface area contributed by atoms with E-state index in [1.807, 2.05) is 6.92 Å². The molecular formula is C16H28N2OS. The average Bonchev–Trinajstić information content (AvgIpc) is 2.77. The van der Waals surface area contributed by atoms with E-state index in [0.717, 1.165) is 42.0 Å². The van der Waals surface area contributed by atoms with Crippen molar-refractivity contribution in [3.05, 3.63) is 16.1 Å². The van der Waals surface area contributed by atoms with Gasteiger partial charge in [0.25, 0.3) is 0 Å². The zero-order chi connectivity index (χ0) is 14.7. The number of hydrogen-bond donors (Lipinski definition) is 1. The highest BCUT2D eigenvalue weighted by Gasteiger charge is 2.31. The maximum absolute atomic E-state index is 10.2. The van der Waals surface area contributed by atoms with Crippen molar-refractivity contribution in [1.29, 1.82) is 0 Å². The molecule has 4 heteroatoms. The Morgan fingerprint density at radius 2 is 2.20 bits per heavy atom. The zero-order valence-corrected chi connectivity index (χ0v) is 14.0. The lowest BCUT2D eigenvalue weighted by molar-refractivity contribution is 0.0212. The third kappa shape index (κ3) is 4.27. The Morgan fingerprint density at radius 3 is 2.80 bits per heavy atom. The third-order valence-electron chi connectivity index (χ3n) is 4.57. The number of rotatable bonds is 5. The van der Waals surface area contributed by atoms with Crippen LogP contribution in [-0.4, -0.2) is 34.7 Å². The standard InChI is InChI=1S/C16H28N2OS/c1-11(2)13-5-6-16(19)14(7-13)8-18(4)9-15-10-20-12(3)17-15/h10-11,13-14,16,19H,5-9H2,1-4H3. The average molecular weight is 296 g/mol. The molecule has 114 valence electrons. The first-order chi connectivity index (χ1) is 9.45. The van der Waals surface area contributed by atoms with Gasteiger partial charge in [-0.1, -0.05) is 13.8 Å². The minimum Gasteiger partial charge on any atom is -0.393 e. The molecule has 0 saturated heterocycles. The Hall–Kier alpha value is -0.450. The largest absolute Gasteiger partial charge is 0.393 e. The topological polar surface area (TPSA) is 36.4 Å². The third-order valence-corrected chi connectivity index (χ3v) is 5.39. The normalized spacial score (nSPS) is 27.4. The summed E-state index contributed by atoms with van der Waals surface area (Å²) in [6, 6.07) is 0. The molecule has 1 aromatic heterocycles. The van der Waals surface area contributed by atoms with Gasteiger partial charge in [-0.25, -0.2) is 4.98 Å². The SMILES string of the molecule is Cc1nc(CN(C)CC2CC(C(C)C)CCC2O)cs1. The molecule has 0 spiro atoms. The summed E-state index contributed by atoms with van der Waals surface area (Å²) < 4.78 is 0. The summed E-state index contributed by atoms with van der Waals surface area (Å²) in [7, 11) is 2.14. The second-order valence-corrected chi connectivity index (χ2v) is 7.76. The minimum absolute atomic E-state index is 0.121. The van der Waals surface area contributed by atoms with Crippen LogP contribution >= 0.6 is 11.3 Å². The van der Waals surface area contributed by atoms with Crippen molar-refractivity contribution in [3.8, 4) is 0 Å². The van der Waals surface area contributed by atoms with E-state index < -0.39 is 0 Å². The molecule has 1 aliphatic carbocycles. The first-order valence-corrected chi connectivity index (χ1v) is 8.61. The lowest BCUT2D eigenvalue weighted by Gasteiger charge is -2.37. The second-order valence-electron chi connectivity index (χ2n) is 6.70. The van der Waals surface area contributed by atoms with Crippen LogP contribution in [0.25, 0.3) is 0 Å². The number of aromatic nitrogens is 1. The van der Waals surface area contributed by atoms with E-state index in [0.29, 0.717) is 5.92 Å². The van der Waals surface area contributed by atoms with Crippen molar-refractivity contribution in [1.82, 2.24) is 9.88 Å². The minimum atomic E-state index is -0.121. The van der Waals surface area contributed by atoms with Crippen LogP contribution in [0.1, 0.15) is 43.8 Å². The smallest absolute Gasteiger partial charge is 0.0897 e. The Balaban J connectivity index is 1.87. The summed E-state index contributed by atoms with van der Waals surface area (Å²) in [6.07, 6.45) is 3.20. The fraction of sp³-hybridized carbons (Fsp3) is 0.812. The van der Waals surface area contributed by atoms with E-state index in [1.165, 1.54) is 12.8 Å². The number of hydrogen-bond acceptors (Lipinski definition) is 4. The van der Waals surface area contributed by atoms with Crippen LogP contribution in [0.15, 0.2) is 5.38 Å². The number of nitrogens with zero attached hydrogens (tertiary/aromatic N) is 2. The van der Waals surface area contributed by atoms with Crippen molar-refractivity contribution < 1.29 is 5.11 Å². The van der Waals surface area contributed by atoms with E-state index in [9.17, 15) is 5.11 Å². The molecule has 3 nitrogen and oxygen atoms in total. The van der Waals surface area contributed by atoms with Crippen molar-refractivity contribution in [2.24, 2.45) is 17.8 Å². The molecule has 2 rings (SSSR count). The fourth-order valence-electron chi connectivity index (χ4n) is 3.31. The molecule has 3 unspecified atom stereocenters. The monoisotopic (exact) mass is 296 g/mol. The van der Waals surface area contributed by atoms with Gasteiger partial charge >= 0.3 is 0 Å². The van der Waals surface area contributed by atoms with Crippen molar-refractivity contribution >= 4 is 11.3 Å². The van der Waals surface area contributed by atoms with Crippen LogP contribution < -0.4 is 0 Å². The number of aliphatic hydroxyl groups is 1. The predicted molar refractivity (Wildman–Crippen MR) is 84.9 cm³/mol. The zero-order valence-electron chi connectivity index (χ0n) is 13.2. The van der Waals surface area contributed by atoms with Gasteiger partial charge in [-0.3, -0.25) is 0 Å². The Labute approximate surface area is 127 Å². The molecular weight excluding hydrogens is 268 g/mol. The molecule has 1 heterocycles. The van der Waals surface area contributed by atoms with E-state index in [4.69, 9.17) is 0 Å². The van der Waals surface area contributed by atoms with Gasteiger partial charge < -0.3 is 10.0 Å². The molecule has 3 atom stereocenters. The van der Waals surface area contributed by atoms with Gasteiger partial charge in [0.05, 0.1) is 16.8 Å². The van der Waals surface area contributed by atoms with Crippen LogP contribution in [0.3, 0.4) is 0 Å². The van der Waals surface area contributed by atoms with E-state index in [1.54, 1.807) is 11.3 Å². The summed E-state index contributed by atoms with van der Waals surface area (Å²) in [5.41, 5.74) is 1.15. The molecule has 1 aromatic rings. The van der Waals surface area contributed by atoms with Crippen LogP contribution in [0.2, 0.25) is 0 Å². The predicted octanol–water partition coefficient (Wildman–Crippen LogP) is 3.32. The lowest BCUT2D eigenvalue weighted by Crippen LogP contribution is -2.38. The second kappa shape index (κ2) is 7.01. The molecule has 1 aliphatic rings. The van der Waals surface area contributed by atoms with Gasteiger partial charge in [0.15, 0.2) is 0 Å². The summed E-state index contributed by atoms with van der Waals surface area (Å²) in [5.74, 6) is 1.93. The number of aryl methyl sites for hydroxylation is 1. The van der Waals surface area contributed by atoms with Gasteiger partial charge in [0, 0.05) is 18.5 Å². The quantitative estimate of drug-likeness (QED) is 0.905. The Morgan fingerprint density at radius 1 is 1.45 bits per heavy atom. The highest BCUT2D eigenvalue weighted by Crippen LogP contribution is 2.34. The first-order valence-electron chi connectivity index (χ1n) is 7.73.